The smallest absolute Gasteiger partial charge is 0.300 e. The minimum Gasteiger partial charge on any atom is -0.481 e. The van der Waals surface area contributed by atoms with Crippen molar-refractivity contribution >= 4 is 13.8 Å². The van der Waals surface area contributed by atoms with Crippen LogP contribution >= 0.6 is 0 Å². The van der Waals surface area contributed by atoms with Crippen molar-refractivity contribution < 1.29 is 9.90 Å². The molecule has 0 bridgehead atoms. The van der Waals surface area contributed by atoms with Crippen molar-refractivity contribution in [3.05, 3.63) is 0 Å². The third-order valence-corrected chi connectivity index (χ3v) is 4.02. The topological polar surface area (TPSA) is 49.3 Å². The molecule has 1 aliphatic carbocycles. The van der Waals surface area contributed by atoms with E-state index in [2.05, 4.69) is 26.1 Å². The minimum absolute atomic E-state index is 0.131. The molecule has 2 radical (unpaired) electrons. The maximum atomic E-state index is 11.4. The number of aliphatic carboxylic acids is 1. The molecule has 1 fully saturated rings. The van der Waals surface area contributed by atoms with Gasteiger partial charge in [-0.3, -0.25) is 4.79 Å². The van der Waals surface area contributed by atoms with Gasteiger partial charge in [-0.15, -0.1) is 0 Å². The molecule has 2 N–H and O–H groups in total. The van der Waals surface area contributed by atoms with E-state index in [1.165, 1.54) is 0 Å². The Labute approximate surface area is 112 Å². The van der Waals surface area contributed by atoms with Crippen LogP contribution in [0.4, 0.5) is 0 Å². The molecule has 1 rings (SSSR count). The third kappa shape index (κ3) is 3.74. The van der Waals surface area contributed by atoms with Crippen LogP contribution in [-0.2, 0) is 4.79 Å². The lowest BCUT2D eigenvalue weighted by molar-refractivity contribution is -0.144. The first-order valence-corrected chi connectivity index (χ1v) is 7.15. The number of carboxylic acids is 1. The molecule has 0 saturated heterocycles. The zero-order valence-corrected chi connectivity index (χ0v) is 11.9. The van der Waals surface area contributed by atoms with Crippen LogP contribution in [-0.4, -0.2) is 31.5 Å². The molecule has 102 valence electrons. The Kier molecular flexibility index (Phi) is 5.70. The molecule has 0 amide bonds. The lowest BCUT2D eigenvalue weighted by Gasteiger charge is -2.46. The van der Waals surface area contributed by atoms with Gasteiger partial charge in [-0.1, -0.05) is 33.6 Å². The summed E-state index contributed by atoms with van der Waals surface area (Å²) in [6.45, 7) is 7.41. The first kappa shape index (κ1) is 15.6. The van der Waals surface area contributed by atoms with Crippen molar-refractivity contribution in [2.24, 2.45) is 11.8 Å². The van der Waals surface area contributed by atoms with Gasteiger partial charge in [0.15, 0.2) is 0 Å². The Morgan fingerprint density at radius 3 is 2.56 bits per heavy atom. The van der Waals surface area contributed by atoms with Crippen LogP contribution < -0.4 is 5.32 Å². The van der Waals surface area contributed by atoms with Gasteiger partial charge in [0.1, 0.15) is 0 Å². The van der Waals surface area contributed by atoms with Crippen LogP contribution in [0.5, 0.6) is 0 Å². The summed E-state index contributed by atoms with van der Waals surface area (Å²) in [4.78, 5) is 11.4. The van der Waals surface area contributed by atoms with Crippen LogP contribution in [0.25, 0.3) is 0 Å². The summed E-state index contributed by atoms with van der Waals surface area (Å²) in [5, 5.41) is 11.8. The molecular weight excluding hydrogens is 225 g/mol. The van der Waals surface area contributed by atoms with Gasteiger partial charge in [-0.2, -0.15) is 0 Å². The molecular formula is C14H26BNO2. The Morgan fingerprint density at radius 2 is 2.11 bits per heavy atom. The highest BCUT2D eigenvalue weighted by atomic mass is 16.4. The first-order valence-electron chi connectivity index (χ1n) is 7.15. The lowest BCUT2D eigenvalue weighted by atomic mass is 9.51. The van der Waals surface area contributed by atoms with E-state index in [-0.39, 0.29) is 5.92 Å². The van der Waals surface area contributed by atoms with E-state index in [1.54, 1.807) is 0 Å². The summed E-state index contributed by atoms with van der Waals surface area (Å²) in [6.07, 6.45) is 4.29. The molecule has 1 atom stereocenters. The molecule has 1 saturated carbocycles. The monoisotopic (exact) mass is 251 g/mol. The summed E-state index contributed by atoms with van der Waals surface area (Å²) >= 11 is 0. The molecule has 0 aliphatic heterocycles. The molecule has 0 heterocycles. The second-order valence-electron chi connectivity index (χ2n) is 6.12. The molecule has 0 spiro atoms. The number of carbonyl (C=O) groups is 1. The van der Waals surface area contributed by atoms with Crippen LogP contribution in [0.15, 0.2) is 0 Å². The van der Waals surface area contributed by atoms with Crippen molar-refractivity contribution in [1.29, 1.82) is 0 Å². The van der Waals surface area contributed by atoms with Crippen LogP contribution in [0.3, 0.4) is 0 Å². The van der Waals surface area contributed by atoms with Crippen LogP contribution in [0, 0.1) is 11.8 Å². The quantitative estimate of drug-likeness (QED) is 0.652. The molecule has 0 aromatic carbocycles. The summed E-state index contributed by atoms with van der Waals surface area (Å²) in [6, 6.07) is 0.460. The van der Waals surface area contributed by atoms with Gasteiger partial charge in [0, 0.05) is 11.4 Å². The summed E-state index contributed by atoms with van der Waals surface area (Å²) in [5.41, 5.74) is 0. The predicted molar refractivity (Wildman–Crippen MR) is 75.0 cm³/mol. The Morgan fingerprint density at radius 1 is 1.50 bits per heavy atom. The van der Waals surface area contributed by atoms with Crippen LogP contribution in [0.2, 0.25) is 5.31 Å². The van der Waals surface area contributed by atoms with E-state index in [1.807, 2.05) is 0 Å². The van der Waals surface area contributed by atoms with E-state index >= 15 is 0 Å². The van der Waals surface area contributed by atoms with Crippen LogP contribution in [0.1, 0.15) is 52.9 Å². The molecule has 18 heavy (non-hydrogen) atoms. The fourth-order valence-corrected chi connectivity index (χ4v) is 2.56. The van der Waals surface area contributed by atoms with Crippen molar-refractivity contribution in [3.8, 4) is 0 Å². The zero-order valence-electron chi connectivity index (χ0n) is 11.9. The summed E-state index contributed by atoms with van der Waals surface area (Å²) in [5.74, 6) is -0.0688. The highest BCUT2D eigenvalue weighted by molar-refractivity contribution is 6.27. The highest BCUT2D eigenvalue weighted by Crippen LogP contribution is 2.48. The van der Waals surface area contributed by atoms with Crippen molar-refractivity contribution in [2.75, 3.05) is 6.54 Å². The number of hydrogen-bond acceptors (Lipinski definition) is 2. The minimum atomic E-state index is -1.01. The van der Waals surface area contributed by atoms with E-state index in [4.69, 9.17) is 7.85 Å². The van der Waals surface area contributed by atoms with Crippen molar-refractivity contribution in [2.45, 2.75) is 64.2 Å². The lowest BCUT2D eigenvalue weighted by Crippen LogP contribution is -2.49. The molecule has 4 heteroatoms. The van der Waals surface area contributed by atoms with Gasteiger partial charge in [0.05, 0.1) is 7.85 Å². The average Bonchev–Trinajstić information content (AvgIpc) is 2.23. The van der Waals surface area contributed by atoms with Gasteiger partial charge >= 0.3 is 5.97 Å². The summed E-state index contributed by atoms with van der Waals surface area (Å²) < 4.78 is 0. The predicted octanol–water partition coefficient (Wildman–Crippen LogP) is 2.61. The highest BCUT2D eigenvalue weighted by Gasteiger charge is 2.46. The average molecular weight is 251 g/mol. The number of rotatable bonds is 8. The SMILES string of the molecule is [B]C(CCCC)(C(=O)O)C1CC(NCC(C)C)C1. The largest absolute Gasteiger partial charge is 0.481 e. The number of carboxylic acid groups (broad SMARTS) is 1. The van der Waals surface area contributed by atoms with Crippen molar-refractivity contribution in [3.63, 3.8) is 0 Å². The van der Waals surface area contributed by atoms with E-state index < -0.39 is 11.3 Å². The fraction of sp³-hybridized carbons (Fsp3) is 0.929. The van der Waals surface area contributed by atoms with Gasteiger partial charge in [-0.25, -0.2) is 0 Å². The normalized spacial score (nSPS) is 26.7. The van der Waals surface area contributed by atoms with Crippen molar-refractivity contribution in [1.82, 2.24) is 5.32 Å². The number of nitrogens with one attached hydrogen (secondary N) is 1. The molecule has 1 aliphatic rings. The molecule has 3 nitrogen and oxygen atoms in total. The standard InChI is InChI=1S/C14H26BNO2/c1-4-5-6-14(15,13(17)18)11-7-12(8-11)16-9-10(2)3/h10-12,16H,4-9H2,1-3H3,(H,17,18). The maximum absolute atomic E-state index is 11.4. The van der Waals surface area contributed by atoms with Gasteiger partial charge in [0.25, 0.3) is 0 Å². The second-order valence-corrected chi connectivity index (χ2v) is 6.12. The van der Waals surface area contributed by atoms with E-state index in [0.717, 1.165) is 32.2 Å². The van der Waals surface area contributed by atoms with E-state index in [9.17, 15) is 9.90 Å². The van der Waals surface area contributed by atoms with Gasteiger partial charge in [0.2, 0.25) is 0 Å². The van der Waals surface area contributed by atoms with E-state index in [0.29, 0.717) is 18.4 Å². The fourth-order valence-electron chi connectivity index (χ4n) is 2.56. The Hall–Kier alpha value is -0.505. The first-order chi connectivity index (χ1) is 8.40. The zero-order chi connectivity index (χ0) is 13.8. The Balaban J connectivity index is 2.42. The molecule has 1 unspecified atom stereocenters. The second kappa shape index (κ2) is 6.60. The third-order valence-electron chi connectivity index (χ3n) is 4.02. The molecule has 0 aromatic rings. The maximum Gasteiger partial charge on any atom is 0.300 e. The summed E-state index contributed by atoms with van der Waals surface area (Å²) in [7, 11) is 6.12. The number of unbranched alkanes of at least 4 members (excludes halogenated alkanes) is 1. The Bertz CT molecular complexity index is 277. The van der Waals surface area contributed by atoms with Gasteiger partial charge in [-0.05, 0) is 37.6 Å². The molecule has 0 aromatic heterocycles. The van der Waals surface area contributed by atoms with Gasteiger partial charge < -0.3 is 10.4 Å². The number of hydrogen-bond donors (Lipinski definition) is 2.